The van der Waals surface area contributed by atoms with E-state index in [2.05, 4.69) is 21.2 Å². The van der Waals surface area contributed by atoms with E-state index in [-0.39, 0.29) is 19.0 Å². The van der Waals surface area contributed by atoms with Gasteiger partial charge in [0.25, 0.3) is 0 Å². The van der Waals surface area contributed by atoms with Crippen molar-refractivity contribution in [2.24, 2.45) is 5.41 Å². The largest absolute Gasteiger partial charge is 0.468 e. The molecule has 104 valence electrons. The first kappa shape index (κ1) is 14.4. The number of methoxy groups -OCH3 is 1. The summed E-state index contributed by atoms with van der Waals surface area (Å²) in [5, 5.41) is 3.00. The fraction of sp³-hybridized carbons (Fsp3) is 0.462. The molecule has 19 heavy (non-hydrogen) atoms. The van der Waals surface area contributed by atoms with E-state index in [1.54, 1.807) is 19.2 Å². The molecule has 1 aliphatic rings. The van der Waals surface area contributed by atoms with Crippen LogP contribution in [0.2, 0.25) is 0 Å². The smallest absolute Gasteiger partial charge is 0.318 e. The monoisotopic (exact) mass is 331 g/mol. The van der Waals surface area contributed by atoms with Gasteiger partial charge in [0.05, 0.1) is 26.4 Å². The molecule has 6 heteroatoms. The van der Waals surface area contributed by atoms with Crippen molar-refractivity contribution in [3.05, 3.63) is 34.1 Å². The number of rotatable bonds is 4. The number of halogens is 2. The fourth-order valence-corrected chi connectivity index (χ4v) is 2.77. The fourth-order valence-electron chi connectivity index (χ4n) is 2.39. The lowest BCUT2D eigenvalue weighted by atomic mass is 9.75. The second-order valence-corrected chi connectivity index (χ2v) is 5.44. The Balaban J connectivity index is 2.44. The summed E-state index contributed by atoms with van der Waals surface area (Å²) in [5.41, 5.74) is -0.448. The van der Waals surface area contributed by atoms with Gasteiger partial charge in [0.15, 0.2) is 0 Å². The number of benzene rings is 1. The Morgan fingerprint density at radius 2 is 2.26 bits per heavy atom. The third-order valence-corrected chi connectivity index (χ3v) is 3.91. The van der Waals surface area contributed by atoms with Crippen molar-refractivity contribution in [2.75, 3.05) is 27.4 Å². The second-order valence-electron chi connectivity index (χ2n) is 4.53. The van der Waals surface area contributed by atoms with Crippen LogP contribution in [0.15, 0.2) is 22.7 Å². The van der Waals surface area contributed by atoms with Gasteiger partial charge in [-0.1, -0.05) is 15.9 Å². The third-order valence-electron chi connectivity index (χ3n) is 3.42. The van der Waals surface area contributed by atoms with E-state index < -0.39 is 17.4 Å². The third kappa shape index (κ3) is 2.40. The van der Waals surface area contributed by atoms with Crippen molar-refractivity contribution in [3.63, 3.8) is 0 Å². The van der Waals surface area contributed by atoms with Crippen LogP contribution in [0.4, 0.5) is 4.39 Å². The van der Waals surface area contributed by atoms with Crippen LogP contribution in [0, 0.1) is 11.2 Å². The van der Waals surface area contributed by atoms with Crippen LogP contribution in [0.1, 0.15) is 11.6 Å². The first-order chi connectivity index (χ1) is 9.05. The van der Waals surface area contributed by atoms with Crippen molar-refractivity contribution >= 4 is 21.9 Å². The van der Waals surface area contributed by atoms with Crippen LogP contribution >= 0.6 is 15.9 Å². The molecule has 0 aliphatic carbocycles. The highest BCUT2D eigenvalue weighted by Crippen LogP contribution is 2.42. The highest BCUT2D eigenvalue weighted by Gasteiger charge is 2.54. The van der Waals surface area contributed by atoms with Crippen molar-refractivity contribution in [3.8, 4) is 0 Å². The van der Waals surface area contributed by atoms with Gasteiger partial charge in [-0.05, 0) is 25.2 Å². The van der Waals surface area contributed by atoms with Gasteiger partial charge in [0, 0.05) is 10.0 Å². The van der Waals surface area contributed by atoms with Crippen molar-refractivity contribution < 1.29 is 18.7 Å². The molecule has 0 amide bonds. The van der Waals surface area contributed by atoms with E-state index in [9.17, 15) is 9.18 Å². The lowest BCUT2D eigenvalue weighted by molar-refractivity contribution is -0.190. The predicted molar refractivity (Wildman–Crippen MR) is 71.2 cm³/mol. The topological polar surface area (TPSA) is 47.6 Å². The molecule has 1 atom stereocenters. The second kappa shape index (κ2) is 5.56. The Hall–Kier alpha value is -0.980. The minimum Gasteiger partial charge on any atom is -0.468 e. The van der Waals surface area contributed by atoms with E-state index in [4.69, 9.17) is 9.47 Å². The maximum Gasteiger partial charge on any atom is 0.318 e. The molecule has 1 fully saturated rings. The quantitative estimate of drug-likeness (QED) is 0.858. The van der Waals surface area contributed by atoms with E-state index in [1.165, 1.54) is 13.2 Å². The van der Waals surface area contributed by atoms with Gasteiger partial charge < -0.3 is 14.8 Å². The summed E-state index contributed by atoms with van der Waals surface area (Å²) < 4.78 is 24.8. The molecule has 1 aromatic carbocycles. The molecular formula is C13H15BrFNO3. The minimum atomic E-state index is -0.870. The number of carbonyl (C=O) groups is 1. The summed E-state index contributed by atoms with van der Waals surface area (Å²) in [5.74, 6) is -0.754. The predicted octanol–water partition coefficient (Wildman–Crippen LogP) is 2.04. The van der Waals surface area contributed by atoms with Crippen molar-refractivity contribution in [1.82, 2.24) is 5.32 Å². The molecule has 1 N–H and O–H groups in total. The molecule has 0 spiro atoms. The summed E-state index contributed by atoms with van der Waals surface area (Å²) in [6.45, 7) is 0.439. The number of esters is 1. The minimum absolute atomic E-state index is 0.219. The van der Waals surface area contributed by atoms with Crippen molar-refractivity contribution in [2.45, 2.75) is 6.04 Å². The highest BCUT2D eigenvalue weighted by molar-refractivity contribution is 9.10. The lowest BCUT2D eigenvalue weighted by Crippen LogP contribution is -2.57. The molecule has 4 nitrogen and oxygen atoms in total. The highest BCUT2D eigenvalue weighted by atomic mass is 79.9. The van der Waals surface area contributed by atoms with Crippen LogP contribution < -0.4 is 5.32 Å². The zero-order valence-electron chi connectivity index (χ0n) is 10.7. The Morgan fingerprint density at radius 1 is 1.58 bits per heavy atom. The maximum atomic E-state index is 14.0. The molecule has 0 bridgehead atoms. The summed E-state index contributed by atoms with van der Waals surface area (Å²) >= 11 is 3.31. The normalized spacial score (nSPS) is 18.5. The number of hydrogen-bond donors (Lipinski definition) is 1. The average Bonchev–Trinajstić information content (AvgIpc) is 2.36. The molecule has 2 rings (SSSR count). The molecular weight excluding hydrogens is 317 g/mol. The maximum absolute atomic E-state index is 14.0. The first-order valence-corrected chi connectivity index (χ1v) is 6.63. The summed E-state index contributed by atoms with van der Waals surface area (Å²) in [6.07, 6.45) is 0. The molecule has 0 radical (unpaired) electrons. The van der Waals surface area contributed by atoms with E-state index >= 15 is 0 Å². The number of carbonyl (C=O) groups excluding carboxylic acids is 1. The van der Waals surface area contributed by atoms with Gasteiger partial charge in [-0.3, -0.25) is 4.79 Å². The van der Waals surface area contributed by atoms with E-state index in [0.29, 0.717) is 5.56 Å². The molecule has 0 aromatic heterocycles. The number of hydrogen-bond acceptors (Lipinski definition) is 4. The lowest BCUT2D eigenvalue weighted by Gasteiger charge is -2.44. The van der Waals surface area contributed by atoms with Gasteiger partial charge in [-0.2, -0.15) is 0 Å². The number of ether oxygens (including phenoxy) is 2. The molecule has 1 saturated heterocycles. The number of nitrogens with one attached hydrogen (secondary N) is 1. The van der Waals surface area contributed by atoms with Crippen LogP contribution in [0.3, 0.4) is 0 Å². The summed E-state index contributed by atoms with van der Waals surface area (Å²) in [6, 6.07) is 4.16. The summed E-state index contributed by atoms with van der Waals surface area (Å²) in [7, 11) is 3.01. The van der Waals surface area contributed by atoms with Gasteiger partial charge in [0.1, 0.15) is 11.2 Å². The van der Waals surface area contributed by atoms with Crippen LogP contribution in [-0.2, 0) is 14.3 Å². The van der Waals surface area contributed by atoms with Crippen molar-refractivity contribution in [1.29, 1.82) is 0 Å². The molecule has 1 aromatic rings. The Morgan fingerprint density at radius 3 is 2.74 bits per heavy atom. The molecule has 0 saturated carbocycles. The zero-order chi connectivity index (χ0) is 14.0. The first-order valence-electron chi connectivity index (χ1n) is 5.83. The Labute approximate surface area is 119 Å². The Kier molecular flexibility index (Phi) is 4.23. The molecule has 1 unspecified atom stereocenters. The van der Waals surface area contributed by atoms with Gasteiger partial charge >= 0.3 is 5.97 Å². The van der Waals surface area contributed by atoms with Gasteiger partial charge in [-0.15, -0.1) is 0 Å². The Bertz CT molecular complexity index is 491. The van der Waals surface area contributed by atoms with Gasteiger partial charge in [-0.25, -0.2) is 4.39 Å². The molecule has 1 heterocycles. The average molecular weight is 332 g/mol. The standard InChI is InChI=1S/C13H15BrFNO3/c1-16-11(9-5-8(14)3-4-10(9)15)13(6-19-7-13)12(17)18-2/h3-5,11,16H,6-7H2,1-2H3. The molecule has 1 aliphatic heterocycles. The van der Waals surface area contributed by atoms with E-state index in [0.717, 1.165) is 4.47 Å². The van der Waals surface area contributed by atoms with Crippen LogP contribution in [-0.4, -0.2) is 33.3 Å². The van der Waals surface area contributed by atoms with Crippen LogP contribution in [0.25, 0.3) is 0 Å². The van der Waals surface area contributed by atoms with Crippen LogP contribution in [0.5, 0.6) is 0 Å². The summed E-state index contributed by atoms with van der Waals surface area (Å²) in [4.78, 5) is 12.0. The van der Waals surface area contributed by atoms with Gasteiger partial charge in [0.2, 0.25) is 0 Å². The SMILES string of the molecule is CNC(c1cc(Br)ccc1F)C1(C(=O)OC)COC1. The zero-order valence-corrected chi connectivity index (χ0v) is 12.3. The van der Waals surface area contributed by atoms with E-state index in [1.807, 2.05) is 0 Å².